The smallest absolute Gasteiger partial charge is 0.387 e. The van der Waals surface area contributed by atoms with Crippen LogP contribution in [0, 0.1) is 13.7 Å². The Bertz CT molecular complexity index is 478. The predicted molar refractivity (Wildman–Crippen MR) is 62.4 cm³/mol. The molecular formula is C9H6F2INO4. The van der Waals surface area contributed by atoms with Gasteiger partial charge in [0.1, 0.15) is 0 Å². The van der Waals surface area contributed by atoms with Gasteiger partial charge in [-0.2, -0.15) is 8.78 Å². The van der Waals surface area contributed by atoms with Gasteiger partial charge in [0.15, 0.2) is 5.78 Å². The Morgan fingerprint density at radius 1 is 1.53 bits per heavy atom. The number of nitro benzene ring substituents is 1. The van der Waals surface area contributed by atoms with Crippen molar-refractivity contribution in [3.63, 3.8) is 0 Å². The highest BCUT2D eigenvalue weighted by atomic mass is 127. The Kier molecular flexibility index (Phi) is 4.32. The molecule has 0 heterocycles. The van der Waals surface area contributed by atoms with E-state index in [-0.39, 0.29) is 9.13 Å². The second-order valence-electron chi connectivity index (χ2n) is 3.00. The van der Waals surface area contributed by atoms with Crippen LogP contribution in [0.2, 0.25) is 0 Å². The van der Waals surface area contributed by atoms with Gasteiger partial charge in [0.2, 0.25) is 5.75 Å². The zero-order valence-electron chi connectivity index (χ0n) is 8.45. The van der Waals surface area contributed by atoms with E-state index in [1.165, 1.54) is 13.0 Å². The first-order valence-corrected chi connectivity index (χ1v) is 5.34. The first-order valence-electron chi connectivity index (χ1n) is 4.26. The van der Waals surface area contributed by atoms with E-state index in [9.17, 15) is 23.7 Å². The molecule has 0 aliphatic carbocycles. The lowest BCUT2D eigenvalue weighted by molar-refractivity contribution is -0.386. The molecule has 0 unspecified atom stereocenters. The summed E-state index contributed by atoms with van der Waals surface area (Å²) in [6, 6.07) is 2.18. The third kappa shape index (κ3) is 3.32. The van der Waals surface area contributed by atoms with Gasteiger partial charge in [-0.1, -0.05) is 0 Å². The van der Waals surface area contributed by atoms with E-state index in [1.807, 2.05) is 0 Å². The van der Waals surface area contributed by atoms with Crippen LogP contribution in [0.4, 0.5) is 14.5 Å². The second-order valence-corrected chi connectivity index (χ2v) is 4.16. The first kappa shape index (κ1) is 13.7. The maximum absolute atomic E-state index is 12.1. The molecular weight excluding hydrogens is 351 g/mol. The average molecular weight is 357 g/mol. The molecule has 0 saturated heterocycles. The lowest BCUT2D eigenvalue weighted by Crippen LogP contribution is -2.07. The Balaban J connectivity index is 3.38. The SMILES string of the molecule is CC(=O)c1cc(I)c(OC(F)F)c([N+](=O)[O-])c1. The molecule has 8 heteroatoms. The van der Waals surface area contributed by atoms with E-state index in [0.717, 1.165) is 6.07 Å². The highest BCUT2D eigenvalue weighted by Crippen LogP contribution is 2.34. The van der Waals surface area contributed by atoms with E-state index in [1.54, 1.807) is 22.6 Å². The van der Waals surface area contributed by atoms with Gasteiger partial charge in [-0.15, -0.1) is 0 Å². The summed E-state index contributed by atoms with van der Waals surface area (Å²) in [5, 5.41) is 10.7. The summed E-state index contributed by atoms with van der Waals surface area (Å²) in [5.74, 6) is -0.926. The van der Waals surface area contributed by atoms with Crippen molar-refractivity contribution in [2.24, 2.45) is 0 Å². The molecule has 0 saturated carbocycles. The number of ether oxygens (including phenoxy) is 1. The van der Waals surface area contributed by atoms with Gasteiger partial charge in [-0.3, -0.25) is 14.9 Å². The summed E-state index contributed by atoms with van der Waals surface area (Å²) in [6.45, 7) is -1.94. The highest BCUT2D eigenvalue weighted by molar-refractivity contribution is 14.1. The maximum Gasteiger partial charge on any atom is 0.387 e. The molecule has 0 atom stereocenters. The maximum atomic E-state index is 12.1. The summed E-state index contributed by atoms with van der Waals surface area (Å²) < 4.78 is 28.3. The van der Waals surface area contributed by atoms with E-state index < -0.39 is 28.8 Å². The number of hydrogen-bond acceptors (Lipinski definition) is 4. The molecule has 17 heavy (non-hydrogen) atoms. The van der Waals surface area contributed by atoms with Crippen molar-refractivity contribution in [3.05, 3.63) is 31.4 Å². The van der Waals surface area contributed by atoms with Gasteiger partial charge in [0, 0.05) is 11.6 Å². The van der Waals surface area contributed by atoms with E-state index in [0.29, 0.717) is 0 Å². The average Bonchev–Trinajstić information content (AvgIpc) is 2.19. The lowest BCUT2D eigenvalue weighted by Gasteiger charge is -2.08. The fraction of sp³-hybridized carbons (Fsp3) is 0.222. The second kappa shape index (κ2) is 5.34. The Morgan fingerprint density at radius 2 is 2.12 bits per heavy atom. The number of rotatable bonds is 4. The van der Waals surface area contributed by atoms with Crippen LogP contribution in [0.3, 0.4) is 0 Å². The predicted octanol–water partition coefficient (Wildman–Crippen LogP) is 3.00. The van der Waals surface area contributed by atoms with Gasteiger partial charge in [-0.25, -0.2) is 0 Å². The molecule has 1 rings (SSSR count). The Hall–Kier alpha value is -1.32. The van der Waals surface area contributed by atoms with Crippen LogP contribution >= 0.6 is 22.6 Å². The molecule has 1 aromatic carbocycles. The molecule has 0 radical (unpaired) electrons. The van der Waals surface area contributed by atoms with Crippen LogP contribution < -0.4 is 4.74 Å². The van der Waals surface area contributed by atoms with Gasteiger partial charge in [-0.05, 0) is 35.6 Å². The van der Waals surface area contributed by atoms with Crippen molar-refractivity contribution in [1.82, 2.24) is 0 Å². The Labute approximate surface area is 108 Å². The molecule has 1 aromatic rings. The minimum Gasteiger partial charge on any atom is -0.426 e. The molecule has 0 spiro atoms. The number of ketones is 1. The molecule has 92 valence electrons. The minimum atomic E-state index is -3.16. The molecule has 0 aliphatic rings. The van der Waals surface area contributed by atoms with Crippen LogP contribution in [0.15, 0.2) is 12.1 Å². The zero-order chi connectivity index (χ0) is 13.2. The van der Waals surface area contributed by atoms with E-state index >= 15 is 0 Å². The quantitative estimate of drug-likeness (QED) is 0.360. The Morgan fingerprint density at radius 3 is 2.53 bits per heavy atom. The van der Waals surface area contributed by atoms with Crippen molar-refractivity contribution in [2.75, 3.05) is 0 Å². The number of halogens is 3. The van der Waals surface area contributed by atoms with Crippen LogP contribution in [0.5, 0.6) is 5.75 Å². The number of hydrogen-bond donors (Lipinski definition) is 0. The van der Waals surface area contributed by atoms with Gasteiger partial charge in [0.25, 0.3) is 0 Å². The molecule has 0 amide bonds. The number of nitrogens with zero attached hydrogens (tertiary/aromatic N) is 1. The highest BCUT2D eigenvalue weighted by Gasteiger charge is 2.23. The molecule has 0 N–H and O–H groups in total. The monoisotopic (exact) mass is 357 g/mol. The van der Waals surface area contributed by atoms with Crippen LogP contribution in [0.1, 0.15) is 17.3 Å². The third-order valence-corrected chi connectivity index (χ3v) is 2.64. The summed E-state index contributed by atoms with van der Waals surface area (Å²) in [7, 11) is 0. The number of alkyl halides is 2. The van der Waals surface area contributed by atoms with Crippen molar-refractivity contribution in [1.29, 1.82) is 0 Å². The number of carbonyl (C=O) groups is 1. The van der Waals surface area contributed by atoms with Crippen molar-refractivity contribution >= 4 is 34.1 Å². The van der Waals surface area contributed by atoms with Crippen molar-refractivity contribution in [3.8, 4) is 5.75 Å². The zero-order valence-corrected chi connectivity index (χ0v) is 10.6. The fourth-order valence-electron chi connectivity index (χ4n) is 1.12. The van der Waals surface area contributed by atoms with Crippen molar-refractivity contribution in [2.45, 2.75) is 13.5 Å². The van der Waals surface area contributed by atoms with Gasteiger partial charge in [0.05, 0.1) is 8.49 Å². The fourth-order valence-corrected chi connectivity index (χ4v) is 1.86. The molecule has 0 fully saturated rings. The van der Waals surface area contributed by atoms with Crippen molar-refractivity contribution < 1.29 is 23.2 Å². The van der Waals surface area contributed by atoms with E-state index in [2.05, 4.69) is 4.74 Å². The normalized spacial score (nSPS) is 10.4. The summed E-state index contributed by atoms with van der Waals surface area (Å²) in [6.07, 6.45) is 0. The van der Waals surface area contributed by atoms with E-state index in [4.69, 9.17) is 0 Å². The van der Waals surface area contributed by atoms with Gasteiger partial charge < -0.3 is 4.74 Å². The number of nitro groups is 1. The first-order chi connectivity index (χ1) is 7.82. The summed E-state index contributed by atoms with van der Waals surface area (Å²) >= 11 is 1.60. The topological polar surface area (TPSA) is 69.4 Å². The molecule has 5 nitrogen and oxygen atoms in total. The number of benzene rings is 1. The standard InChI is InChI=1S/C9H6F2INO4/c1-4(14)5-2-6(12)8(17-9(10)11)7(3-5)13(15)16/h2-3,9H,1H3. The molecule has 0 aliphatic heterocycles. The number of carbonyl (C=O) groups excluding carboxylic acids is 1. The summed E-state index contributed by atoms with van der Waals surface area (Å²) in [4.78, 5) is 20.9. The lowest BCUT2D eigenvalue weighted by atomic mass is 10.1. The summed E-state index contributed by atoms with van der Waals surface area (Å²) in [5.41, 5.74) is -0.579. The number of Topliss-reactive ketones (excluding diaryl/α,β-unsaturated/α-hetero) is 1. The molecule has 0 aromatic heterocycles. The minimum absolute atomic E-state index is 0.0720. The third-order valence-electron chi connectivity index (χ3n) is 1.83. The largest absolute Gasteiger partial charge is 0.426 e. The van der Waals surface area contributed by atoms with Gasteiger partial charge >= 0.3 is 12.3 Å². The molecule has 0 bridgehead atoms. The van der Waals surface area contributed by atoms with Crippen LogP contribution in [0.25, 0.3) is 0 Å². The van der Waals surface area contributed by atoms with Crippen LogP contribution in [-0.2, 0) is 0 Å². The van der Waals surface area contributed by atoms with Crippen LogP contribution in [-0.4, -0.2) is 17.3 Å².